The van der Waals surface area contributed by atoms with Crippen molar-refractivity contribution >= 4 is 11.6 Å². The molecule has 1 aromatic rings. The topological polar surface area (TPSA) is 50.8 Å². The van der Waals surface area contributed by atoms with Crippen molar-refractivity contribution < 1.29 is 14.3 Å². The highest BCUT2D eigenvalue weighted by Gasteiger charge is 2.26. The van der Waals surface area contributed by atoms with E-state index in [1.807, 2.05) is 18.7 Å². The minimum absolute atomic E-state index is 0.0841. The van der Waals surface area contributed by atoms with E-state index >= 15 is 0 Å². The largest absolute Gasteiger partial charge is 0.382 e. The summed E-state index contributed by atoms with van der Waals surface area (Å²) in [6.07, 6.45) is 1.53. The fourth-order valence-electron chi connectivity index (χ4n) is 2.96. The maximum atomic E-state index is 12.4. The first kappa shape index (κ1) is 18.7. The van der Waals surface area contributed by atoms with Crippen LogP contribution in [0.5, 0.6) is 0 Å². The molecular weight excluding hydrogens is 304 g/mol. The van der Waals surface area contributed by atoms with Crippen LogP contribution >= 0.6 is 0 Å². The summed E-state index contributed by atoms with van der Waals surface area (Å²) in [7, 11) is 0. The van der Waals surface area contributed by atoms with Crippen molar-refractivity contribution in [3.8, 4) is 0 Å². The van der Waals surface area contributed by atoms with Crippen LogP contribution in [0.1, 0.15) is 32.3 Å². The Labute approximate surface area is 145 Å². The number of anilines is 1. The van der Waals surface area contributed by atoms with Gasteiger partial charge in [-0.15, -0.1) is 0 Å². The van der Waals surface area contributed by atoms with Gasteiger partial charge in [0.1, 0.15) is 6.10 Å². The maximum Gasteiger partial charge on any atom is 0.251 e. The van der Waals surface area contributed by atoms with Crippen molar-refractivity contribution in [3.63, 3.8) is 0 Å². The Hall–Kier alpha value is -1.59. The second-order valence-corrected chi connectivity index (χ2v) is 6.27. The number of nitrogens with one attached hydrogen (secondary N) is 1. The van der Waals surface area contributed by atoms with Gasteiger partial charge in [-0.1, -0.05) is 18.2 Å². The number of nitrogens with zero attached hydrogens (tertiary/aromatic N) is 1. The number of para-hydroxylation sites is 1. The molecule has 134 valence electrons. The highest BCUT2D eigenvalue weighted by molar-refractivity contribution is 5.80. The molecule has 5 nitrogen and oxygen atoms in total. The molecule has 1 aliphatic rings. The molecule has 1 saturated heterocycles. The van der Waals surface area contributed by atoms with E-state index in [0.29, 0.717) is 25.9 Å². The number of carbonyl (C=O) groups excluding carboxylic acids is 1. The van der Waals surface area contributed by atoms with Crippen LogP contribution in [0, 0.1) is 6.92 Å². The zero-order valence-corrected chi connectivity index (χ0v) is 15.1. The summed E-state index contributed by atoms with van der Waals surface area (Å²) < 4.78 is 10.8. The van der Waals surface area contributed by atoms with E-state index in [1.165, 1.54) is 11.3 Å². The number of aryl methyl sites for hydroxylation is 1. The van der Waals surface area contributed by atoms with Gasteiger partial charge in [-0.3, -0.25) is 4.79 Å². The minimum Gasteiger partial charge on any atom is -0.382 e. The average Bonchev–Trinajstić information content (AvgIpc) is 2.60. The molecule has 1 fully saturated rings. The summed E-state index contributed by atoms with van der Waals surface area (Å²) in [5.74, 6) is 0.0841. The average molecular weight is 334 g/mol. The fourth-order valence-corrected chi connectivity index (χ4v) is 2.96. The van der Waals surface area contributed by atoms with Crippen LogP contribution in [0.25, 0.3) is 0 Å². The molecular formula is C19H30N2O3. The molecule has 1 heterocycles. The quantitative estimate of drug-likeness (QED) is 0.743. The van der Waals surface area contributed by atoms with Crippen molar-refractivity contribution in [1.82, 2.24) is 4.90 Å². The van der Waals surface area contributed by atoms with Gasteiger partial charge in [0.05, 0.1) is 13.2 Å². The van der Waals surface area contributed by atoms with Gasteiger partial charge in [-0.2, -0.15) is 0 Å². The predicted octanol–water partition coefficient (Wildman–Crippen LogP) is 2.84. The summed E-state index contributed by atoms with van der Waals surface area (Å²) in [6, 6.07) is 8.75. The number of benzene rings is 1. The van der Waals surface area contributed by atoms with Gasteiger partial charge in [0.15, 0.2) is 0 Å². The molecule has 1 amide bonds. The monoisotopic (exact) mass is 334 g/mol. The normalized spacial score (nSPS) is 16.9. The van der Waals surface area contributed by atoms with Gasteiger partial charge in [-0.25, -0.2) is 0 Å². The maximum absolute atomic E-state index is 12.4. The van der Waals surface area contributed by atoms with Crippen LogP contribution in [0.3, 0.4) is 0 Å². The highest BCUT2D eigenvalue weighted by Crippen LogP contribution is 2.20. The Bertz CT molecular complexity index is 513. The Kier molecular flexibility index (Phi) is 7.53. The first-order chi connectivity index (χ1) is 11.6. The van der Waals surface area contributed by atoms with Crippen molar-refractivity contribution in [3.05, 3.63) is 29.8 Å². The van der Waals surface area contributed by atoms with E-state index in [9.17, 15) is 4.79 Å². The summed E-state index contributed by atoms with van der Waals surface area (Å²) in [5.41, 5.74) is 2.45. The number of hydrogen-bond acceptors (Lipinski definition) is 4. The van der Waals surface area contributed by atoms with Crippen molar-refractivity contribution in [2.24, 2.45) is 0 Å². The summed E-state index contributed by atoms with van der Waals surface area (Å²) >= 11 is 0. The summed E-state index contributed by atoms with van der Waals surface area (Å²) in [4.78, 5) is 14.3. The second kappa shape index (κ2) is 9.64. The van der Waals surface area contributed by atoms with E-state index in [0.717, 1.165) is 25.9 Å². The standard InChI is InChI=1S/C19H30N2O3/c1-4-23-13-14-24-16(3)19(22)21-11-9-17(10-12-21)20-18-8-6-5-7-15(18)2/h5-8,16-17,20H,4,9-14H2,1-3H3. The molecule has 2 rings (SSSR count). The summed E-state index contributed by atoms with van der Waals surface area (Å²) in [5, 5.41) is 3.60. The number of hydrogen-bond donors (Lipinski definition) is 1. The Balaban J connectivity index is 1.73. The third-order valence-electron chi connectivity index (χ3n) is 4.46. The van der Waals surface area contributed by atoms with Gasteiger partial charge in [0.25, 0.3) is 5.91 Å². The van der Waals surface area contributed by atoms with E-state index in [1.54, 1.807) is 0 Å². The van der Waals surface area contributed by atoms with Gasteiger partial charge >= 0.3 is 0 Å². The molecule has 0 aliphatic carbocycles. The van der Waals surface area contributed by atoms with Crippen LogP contribution in [0.2, 0.25) is 0 Å². The highest BCUT2D eigenvalue weighted by atomic mass is 16.5. The molecule has 24 heavy (non-hydrogen) atoms. The number of likely N-dealkylation sites (tertiary alicyclic amines) is 1. The number of rotatable bonds is 8. The van der Waals surface area contributed by atoms with Gasteiger partial charge in [0.2, 0.25) is 0 Å². The minimum atomic E-state index is -0.397. The van der Waals surface area contributed by atoms with Crippen LogP contribution < -0.4 is 5.32 Å². The van der Waals surface area contributed by atoms with Crippen molar-refractivity contribution in [2.75, 3.05) is 38.2 Å². The molecule has 0 bridgehead atoms. The predicted molar refractivity (Wildman–Crippen MR) is 96.3 cm³/mol. The Morgan fingerprint density at radius 2 is 2.00 bits per heavy atom. The zero-order chi connectivity index (χ0) is 17.4. The smallest absolute Gasteiger partial charge is 0.251 e. The lowest BCUT2D eigenvalue weighted by atomic mass is 10.0. The molecule has 1 N–H and O–H groups in total. The van der Waals surface area contributed by atoms with Gasteiger partial charge in [-0.05, 0) is 45.2 Å². The zero-order valence-electron chi connectivity index (χ0n) is 15.1. The first-order valence-electron chi connectivity index (χ1n) is 8.92. The van der Waals surface area contributed by atoms with Gasteiger partial charge in [0, 0.05) is 31.4 Å². The van der Waals surface area contributed by atoms with E-state index in [4.69, 9.17) is 9.47 Å². The molecule has 0 aromatic heterocycles. The number of amides is 1. The van der Waals surface area contributed by atoms with E-state index in [-0.39, 0.29) is 5.91 Å². The molecule has 0 saturated carbocycles. The molecule has 0 spiro atoms. The Morgan fingerprint density at radius 1 is 1.29 bits per heavy atom. The lowest BCUT2D eigenvalue weighted by molar-refractivity contribution is -0.144. The molecule has 1 unspecified atom stereocenters. The second-order valence-electron chi connectivity index (χ2n) is 6.27. The van der Waals surface area contributed by atoms with Crippen LogP contribution in [0.15, 0.2) is 24.3 Å². The Morgan fingerprint density at radius 3 is 2.67 bits per heavy atom. The molecule has 0 radical (unpaired) electrons. The number of carbonyl (C=O) groups is 1. The van der Waals surface area contributed by atoms with E-state index in [2.05, 4.69) is 36.5 Å². The SMILES string of the molecule is CCOCCOC(C)C(=O)N1CCC(Nc2ccccc2C)CC1. The lowest BCUT2D eigenvalue weighted by Crippen LogP contribution is -2.46. The molecule has 1 aliphatic heterocycles. The van der Waals surface area contributed by atoms with Gasteiger partial charge < -0.3 is 19.7 Å². The number of ether oxygens (including phenoxy) is 2. The van der Waals surface area contributed by atoms with Crippen LogP contribution in [0.4, 0.5) is 5.69 Å². The van der Waals surface area contributed by atoms with E-state index < -0.39 is 6.10 Å². The fraction of sp³-hybridized carbons (Fsp3) is 0.632. The third kappa shape index (κ3) is 5.49. The van der Waals surface area contributed by atoms with Crippen LogP contribution in [-0.4, -0.2) is 55.9 Å². The molecule has 5 heteroatoms. The molecule has 1 aromatic carbocycles. The molecule has 1 atom stereocenters. The lowest BCUT2D eigenvalue weighted by Gasteiger charge is -2.34. The number of piperidine rings is 1. The first-order valence-corrected chi connectivity index (χ1v) is 8.92. The third-order valence-corrected chi connectivity index (χ3v) is 4.46. The van der Waals surface area contributed by atoms with Crippen molar-refractivity contribution in [2.45, 2.75) is 45.8 Å². The van der Waals surface area contributed by atoms with Crippen LogP contribution in [-0.2, 0) is 14.3 Å². The van der Waals surface area contributed by atoms with Crippen molar-refractivity contribution in [1.29, 1.82) is 0 Å². The summed E-state index contributed by atoms with van der Waals surface area (Å²) in [6.45, 7) is 9.12.